The molecule has 0 saturated carbocycles. The number of anilines is 1. The van der Waals surface area contributed by atoms with Crippen LogP contribution in [0.1, 0.15) is 24.5 Å². The van der Waals surface area contributed by atoms with E-state index in [0.717, 1.165) is 49.0 Å². The maximum atomic E-state index is 12.6. The highest BCUT2D eigenvalue weighted by Gasteiger charge is 2.28. The molecule has 28 heavy (non-hydrogen) atoms. The second-order valence-electron chi connectivity index (χ2n) is 7.67. The third-order valence-electron chi connectivity index (χ3n) is 5.59. The van der Waals surface area contributed by atoms with E-state index in [-0.39, 0.29) is 6.03 Å². The summed E-state index contributed by atoms with van der Waals surface area (Å²) in [6, 6.07) is 6.40. The van der Waals surface area contributed by atoms with Gasteiger partial charge in [-0.15, -0.1) is 0 Å². The van der Waals surface area contributed by atoms with Gasteiger partial charge >= 0.3 is 6.03 Å². The smallest absolute Gasteiger partial charge is 0.321 e. The van der Waals surface area contributed by atoms with E-state index in [1.807, 2.05) is 30.3 Å². The average Bonchev–Trinajstić information content (AvgIpc) is 3.12. The van der Waals surface area contributed by atoms with Crippen molar-refractivity contribution in [2.24, 2.45) is 9.98 Å². The Morgan fingerprint density at radius 1 is 1.21 bits per heavy atom. The molecule has 3 heterocycles. The number of amides is 2. The van der Waals surface area contributed by atoms with Gasteiger partial charge in [0.05, 0.1) is 12.4 Å². The first-order valence-corrected chi connectivity index (χ1v) is 10.0. The van der Waals surface area contributed by atoms with Gasteiger partial charge in [0.15, 0.2) is 0 Å². The van der Waals surface area contributed by atoms with Crippen molar-refractivity contribution in [1.29, 1.82) is 0 Å². The molecule has 1 atom stereocenters. The van der Waals surface area contributed by atoms with E-state index in [4.69, 9.17) is 4.99 Å². The van der Waals surface area contributed by atoms with Crippen LogP contribution in [0.5, 0.6) is 0 Å². The van der Waals surface area contributed by atoms with Crippen molar-refractivity contribution < 1.29 is 4.79 Å². The molecule has 1 fully saturated rings. The van der Waals surface area contributed by atoms with Crippen LogP contribution in [-0.2, 0) is 0 Å². The van der Waals surface area contributed by atoms with Gasteiger partial charge in [0.2, 0.25) is 0 Å². The Hall–Kier alpha value is -2.83. The topological polar surface area (TPSA) is 63.5 Å². The fraction of sp³-hybridized carbons (Fsp3) is 0.476. The first-order valence-electron chi connectivity index (χ1n) is 10.0. The number of hydrogen-bond donors (Lipinski definition) is 1. The number of nitrogens with zero attached hydrogens (tertiary/aromatic N) is 5. The predicted octanol–water partition coefficient (Wildman–Crippen LogP) is 2.83. The second kappa shape index (κ2) is 7.66. The molecule has 0 radical (unpaired) electrons. The summed E-state index contributed by atoms with van der Waals surface area (Å²) >= 11 is 0. The Balaban J connectivity index is 1.34. The standard InChI is InChI=1S/C21H28N6O/c1-4-17-13-27-14-22-19(12-20(27)23-17)25-7-9-26(10-8-25)21(28)24-18-6-5-15(2)11-16(18)3/h5-6,11-12,14,17H,4,7-10,13H2,1-3H3,(H,24,28)/t17-/m0/s1. The molecule has 0 unspecified atom stereocenters. The number of aryl methyl sites for hydroxylation is 2. The number of nitrogens with one attached hydrogen (secondary N) is 1. The van der Waals surface area contributed by atoms with E-state index in [0.29, 0.717) is 19.1 Å². The summed E-state index contributed by atoms with van der Waals surface area (Å²) in [6.07, 6.45) is 5.01. The molecule has 1 aromatic rings. The quantitative estimate of drug-likeness (QED) is 0.877. The minimum absolute atomic E-state index is 0.0372. The lowest BCUT2D eigenvalue weighted by atomic mass is 10.1. The van der Waals surface area contributed by atoms with E-state index in [1.54, 1.807) is 0 Å². The number of carbonyl (C=O) groups excluding carboxylic acids is 1. The first-order chi connectivity index (χ1) is 13.5. The summed E-state index contributed by atoms with van der Waals surface area (Å²) in [6.45, 7) is 10.1. The van der Waals surface area contributed by atoms with Crippen molar-refractivity contribution in [1.82, 2.24) is 14.7 Å². The van der Waals surface area contributed by atoms with Crippen LogP contribution in [0.25, 0.3) is 0 Å². The lowest BCUT2D eigenvalue weighted by Crippen LogP contribution is -2.50. The molecule has 0 aromatic heterocycles. The van der Waals surface area contributed by atoms with Gasteiger partial charge in [0.25, 0.3) is 0 Å². The molecular formula is C21H28N6O. The van der Waals surface area contributed by atoms with Crippen molar-refractivity contribution in [3.05, 3.63) is 41.2 Å². The fourth-order valence-corrected chi connectivity index (χ4v) is 3.81. The molecule has 3 aliphatic rings. The molecule has 0 aliphatic carbocycles. The van der Waals surface area contributed by atoms with Gasteiger partial charge in [0, 0.05) is 44.5 Å². The molecule has 0 spiro atoms. The minimum Gasteiger partial charge on any atom is -0.353 e. The molecule has 1 aromatic carbocycles. The van der Waals surface area contributed by atoms with Gasteiger partial charge in [-0.1, -0.05) is 24.6 Å². The number of carbonyl (C=O) groups is 1. The van der Waals surface area contributed by atoms with Crippen molar-refractivity contribution in [3.63, 3.8) is 0 Å². The van der Waals surface area contributed by atoms with Crippen LogP contribution in [0, 0.1) is 13.8 Å². The van der Waals surface area contributed by atoms with Gasteiger partial charge in [-0.3, -0.25) is 4.99 Å². The predicted molar refractivity (Wildman–Crippen MR) is 113 cm³/mol. The molecular weight excluding hydrogens is 352 g/mol. The van der Waals surface area contributed by atoms with Crippen molar-refractivity contribution in [2.75, 3.05) is 38.0 Å². The third-order valence-corrected chi connectivity index (χ3v) is 5.59. The zero-order valence-corrected chi connectivity index (χ0v) is 16.9. The highest BCUT2D eigenvalue weighted by atomic mass is 16.2. The number of hydrogen-bond acceptors (Lipinski definition) is 5. The number of rotatable bonds is 3. The number of aliphatic imine (C=N–C) groups is 2. The van der Waals surface area contributed by atoms with Gasteiger partial charge in [-0.2, -0.15) is 0 Å². The molecule has 0 bridgehead atoms. The number of amidine groups is 1. The summed E-state index contributed by atoms with van der Waals surface area (Å²) in [4.78, 5) is 28.2. The summed E-state index contributed by atoms with van der Waals surface area (Å²) in [5, 5.41) is 3.04. The number of benzene rings is 1. The van der Waals surface area contributed by atoms with Crippen molar-refractivity contribution >= 4 is 23.9 Å². The SMILES string of the molecule is CC[C@H]1CN2C=NC(N3CCN(C(=O)Nc4ccc(C)cc4C)CC3)=CC2=N1. The molecule has 1 saturated heterocycles. The van der Waals surface area contributed by atoms with Crippen LogP contribution < -0.4 is 5.32 Å². The Labute approximate surface area is 166 Å². The Morgan fingerprint density at radius 2 is 2.00 bits per heavy atom. The summed E-state index contributed by atoms with van der Waals surface area (Å²) in [7, 11) is 0. The van der Waals surface area contributed by atoms with Gasteiger partial charge in [0.1, 0.15) is 11.7 Å². The maximum absolute atomic E-state index is 12.6. The lowest BCUT2D eigenvalue weighted by molar-refractivity contribution is 0.167. The van der Waals surface area contributed by atoms with E-state index in [2.05, 4.69) is 46.1 Å². The first kappa shape index (κ1) is 18.5. The van der Waals surface area contributed by atoms with Crippen LogP contribution in [0.4, 0.5) is 10.5 Å². The normalized spacial score (nSPS) is 21.4. The highest BCUT2D eigenvalue weighted by molar-refractivity contribution is 6.03. The van der Waals surface area contributed by atoms with E-state index in [9.17, 15) is 4.79 Å². The van der Waals surface area contributed by atoms with Gasteiger partial charge < -0.3 is 20.0 Å². The Morgan fingerprint density at radius 3 is 2.71 bits per heavy atom. The third kappa shape index (κ3) is 3.74. The molecule has 2 amide bonds. The minimum atomic E-state index is -0.0372. The second-order valence-corrected chi connectivity index (χ2v) is 7.67. The van der Waals surface area contributed by atoms with Gasteiger partial charge in [-0.05, 0) is 31.9 Å². The Kier molecular flexibility index (Phi) is 5.07. The fourth-order valence-electron chi connectivity index (χ4n) is 3.81. The maximum Gasteiger partial charge on any atom is 0.321 e. The monoisotopic (exact) mass is 380 g/mol. The number of piperazine rings is 1. The summed E-state index contributed by atoms with van der Waals surface area (Å²) in [5.74, 6) is 1.95. The van der Waals surface area contributed by atoms with Gasteiger partial charge in [-0.25, -0.2) is 9.79 Å². The number of urea groups is 1. The molecule has 148 valence electrons. The van der Waals surface area contributed by atoms with E-state index >= 15 is 0 Å². The molecule has 7 heteroatoms. The highest BCUT2D eigenvalue weighted by Crippen LogP contribution is 2.21. The zero-order valence-electron chi connectivity index (χ0n) is 16.9. The largest absolute Gasteiger partial charge is 0.353 e. The molecule has 3 aliphatic heterocycles. The molecule has 1 N–H and O–H groups in total. The van der Waals surface area contributed by atoms with E-state index < -0.39 is 0 Å². The molecule has 7 nitrogen and oxygen atoms in total. The van der Waals surface area contributed by atoms with Crippen LogP contribution >= 0.6 is 0 Å². The Bertz CT molecular complexity index is 850. The van der Waals surface area contributed by atoms with Crippen LogP contribution in [0.3, 0.4) is 0 Å². The average molecular weight is 380 g/mol. The lowest BCUT2D eigenvalue weighted by Gasteiger charge is -2.36. The summed E-state index contributed by atoms with van der Waals surface area (Å²) < 4.78 is 0. The van der Waals surface area contributed by atoms with Crippen molar-refractivity contribution in [3.8, 4) is 0 Å². The van der Waals surface area contributed by atoms with Crippen LogP contribution in [0.2, 0.25) is 0 Å². The molecule has 4 rings (SSSR count). The number of fused-ring (bicyclic) bond motifs is 1. The van der Waals surface area contributed by atoms with Crippen LogP contribution in [0.15, 0.2) is 40.1 Å². The summed E-state index contributed by atoms with van der Waals surface area (Å²) in [5.41, 5.74) is 3.16. The van der Waals surface area contributed by atoms with Crippen LogP contribution in [-0.4, -0.2) is 71.7 Å². The van der Waals surface area contributed by atoms with Crippen molar-refractivity contribution in [2.45, 2.75) is 33.2 Å². The van der Waals surface area contributed by atoms with E-state index in [1.165, 1.54) is 5.56 Å². The zero-order chi connectivity index (χ0) is 19.7.